The molecule has 0 aliphatic carbocycles. The SMILES string of the molecule is COC[C@H]1C[C@@H](c2ncc(-c3ccc(-c4ccc(-c5cnc([C@@H]6CC[C@H](C)N6C(=O)OC(C)(C)C)[nH]5)cc4)cc3)[nH]2)N(C(C)(C)C)C1. The minimum atomic E-state index is -0.540. The van der Waals surface area contributed by atoms with Crippen molar-refractivity contribution in [3.05, 3.63) is 72.6 Å². The highest BCUT2D eigenvalue weighted by Gasteiger charge is 2.41. The standard InChI is InChI=1S/C38H50N6O3/c1-24-9-18-32(44(24)36(45)47-38(5,6)7)34-39-20-30(41-34)28-14-10-26(11-15-28)27-12-16-29(17-13-27)31-21-40-35(42-31)33-19-25(23-46-8)22-43(33)37(2,3)4/h10-17,20-21,24-25,32-33H,9,18-19,22-23H2,1-8H3,(H,39,41)(H,40,42)/t24-,25-,32-,33-/m0/s1. The maximum Gasteiger partial charge on any atom is 0.411 e. The lowest BCUT2D eigenvalue weighted by Crippen LogP contribution is -2.41. The molecule has 47 heavy (non-hydrogen) atoms. The van der Waals surface area contributed by atoms with Gasteiger partial charge in [0.05, 0.1) is 42.5 Å². The van der Waals surface area contributed by atoms with Crippen molar-refractivity contribution >= 4 is 6.09 Å². The van der Waals surface area contributed by atoms with Crippen molar-refractivity contribution in [2.45, 2.75) is 97.0 Å². The van der Waals surface area contributed by atoms with Gasteiger partial charge in [-0.2, -0.15) is 0 Å². The number of amides is 1. The topological polar surface area (TPSA) is 99.4 Å². The Kier molecular flexibility index (Phi) is 9.06. The van der Waals surface area contributed by atoms with Crippen LogP contribution in [-0.2, 0) is 9.47 Å². The van der Waals surface area contributed by atoms with Crippen LogP contribution < -0.4 is 0 Å². The number of hydrogen-bond acceptors (Lipinski definition) is 6. The third kappa shape index (κ3) is 7.16. The number of methoxy groups -OCH3 is 1. The predicted octanol–water partition coefficient (Wildman–Crippen LogP) is 8.40. The van der Waals surface area contributed by atoms with Crippen molar-refractivity contribution in [1.82, 2.24) is 29.7 Å². The van der Waals surface area contributed by atoms with Gasteiger partial charge in [-0.3, -0.25) is 9.80 Å². The lowest BCUT2D eigenvalue weighted by atomic mass is 10.0. The molecule has 0 saturated carbocycles. The maximum absolute atomic E-state index is 13.0. The fraction of sp³-hybridized carbons (Fsp3) is 0.500. The summed E-state index contributed by atoms with van der Waals surface area (Å²) in [5.74, 6) is 2.32. The minimum Gasteiger partial charge on any atom is -0.444 e. The predicted molar refractivity (Wildman–Crippen MR) is 186 cm³/mol. The Balaban J connectivity index is 1.13. The Bertz CT molecular complexity index is 1660. The van der Waals surface area contributed by atoms with Crippen LogP contribution in [0.3, 0.4) is 0 Å². The number of nitrogens with zero attached hydrogens (tertiary/aromatic N) is 4. The third-order valence-electron chi connectivity index (χ3n) is 9.47. The fourth-order valence-corrected chi connectivity index (χ4v) is 7.14. The van der Waals surface area contributed by atoms with Crippen molar-refractivity contribution in [3.8, 4) is 33.6 Å². The van der Waals surface area contributed by atoms with Crippen LogP contribution in [0.5, 0.6) is 0 Å². The molecule has 2 aromatic heterocycles. The van der Waals surface area contributed by atoms with Crippen LogP contribution in [0, 0.1) is 5.92 Å². The molecular weight excluding hydrogens is 588 g/mol. The van der Waals surface area contributed by atoms with Gasteiger partial charge in [0.15, 0.2) is 0 Å². The molecule has 0 unspecified atom stereocenters. The Hall–Kier alpha value is -3.95. The zero-order chi connectivity index (χ0) is 33.5. The summed E-state index contributed by atoms with van der Waals surface area (Å²) in [6, 6.07) is 17.4. The quantitative estimate of drug-likeness (QED) is 0.211. The maximum atomic E-state index is 13.0. The normalized spacial score (nSPS) is 22.3. The van der Waals surface area contributed by atoms with Gasteiger partial charge in [0.25, 0.3) is 0 Å². The molecule has 0 bridgehead atoms. The number of likely N-dealkylation sites (tertiary alicyclic amines) is 2. The molecule has 0 radical (unpaired) electrons. The smallest absolute Gasteiger partial charge is 0.411 e. The molecule has 4 aromatic rings. The van der Waals surface area contributed by atoms with Gasteiger partial charge in [-0.15, -0.1) is 0 Å². The number of benzene rings is 2. The van der Waals surface area contributed by atoms with Crippen molar-refractivity contribution in [1.29, 1.82) is 0 Å². The number of hydrogen-bond donors (Lipinski definition) is 2. The lowest BCUT2D eigenvalue weighted by molar-refractivity contribution is 0.0151. The number of aromatic amines is 2. The Labute approximate surface area is 279 Å². The molecule has 6 rings (SSSR count). The minimum absolute atomic E-state index is 0.0502. The highest BCUT2D eigenvalue weighted by molar-refractivity contribution is 5.72. The second kappa shape index (κ2) is 12.9. The van der Waals surface area contributed by atoms with Crippen LogP contribution in [0.25, 0.3) is 33.6 Å². The number of nitrogens with one attached hydrogen (secondary N) is 2. The fourth-order valence-electron chi connectivity index (χ4n) is 7.14. The highest BCUT2D eigenvalue weighted by Crippen LogP contribution is 2.40. The molecule has 2 N–H and O–H groups in total. The number of carbonyl (C=O) groups is 1. The van der Waals surface area contributed by atoms with E-state index in [1.54, 1.807) is 7.11 Å². The Morgan fingerprint density at radius 3 is 1.81 bits per heavy atom. The molecule has 250 valence electrons. The molecule has 4 heterocycles. The van der Waals surface area contributed by atoms with E-state index in [9.17, 15) is 4.79 Å². The van der Waals surface area contributed by atoms with Gasteiger partial charge >= 0.3 is 6.09 Å². The van der Waals surface area contributed by atoms with E-state index in [0.717, 1.165) is 77.7 Å². The summed E-state index contributed by atoms with van der Waals surface area (Å²) < 4.78 is 11.2. The Morgan fingerprint density at radius 2 is 1.32 bits per heavy atom. The summed E-state index contributed by atoms with van der Waals surface area (Å²) in [5.41, 5.74) is 5.93. The van der Waals surface area contributed by atoms with E-state index < -0.39 is 5.60 Å². The molecule has 2 aromatic carbocycles. The first kappa shape index (κ1) is 33.0. The van der Waals surface area contributed by atoms with Crippen LogP contribution in [0.2, 0.25) is 0 Å². The molecule has 2 aliphatic heterocycles. The second-order valence-corrected chi connectivity index (χ2v) is 15.2. The number of ether oxygens (including phenoxy) is 2. The summed E-state index contributed by atoms with van der Waals surface area (Å²) in [5, 5.41) is 0. The molecule has 1 amide bonds. The van der Waals surface area contributed by atoms with Gasteiger partial charge < -0.3 is 19.4 Å². The number of imidazole rings is 2. The van der Waals surface area contributed by atoms with Gasteiger partial charge in [0.1, 0.15) is 17.2 Å². The first-order chi connectivity index (χ1) is 22.3. The Morgan fingerprint density at radius 1 is 0.809 bits per heavy atom. The number of aromatic nitrogens is 4. The third-order valence-corrected chi connectivity index (χ3v) is 9.47. The molecule has 4 atom stereocenters. The van der Waals surface area contributed by atoms with E-state index in [0.29, 0.717) is 5.92 Å². The highest BCUT2D eigenvalue weighted by atomic mass is 16.6. The zero-order valence-corrected chi connectivity index (χ0v) is 29.1. The van der Waals surface area contributed by atoms with Crippen LogP contribution in [0.1, 0.15) is 91.5 Å². The van der Waals surface area contributed by atoms with Crippen LogP contribution in [0.4, 0.5) is 4.79 Å². The molecule has 9 nitrogen and oxygen atoms in total. The van der Waals surface area contributed by atoms with Crippen molar-refractivity contribution in [2.24, 2.45) is 5.92 Å². The van der Waals surface area contributed by atoms with Gasteiger partial charge in [-0.25, -0.2) is 14.8 Å². The first-order valence-corrected chi connectivity index (χ1v) is 16.9. The van der Waals surface area contributed by atoms with Gasteiger partial charge in [-0.1, -0.05) is 48.5 Å². The summed E-state index contributed by atoms with van der Waals surface area (Å²) in [7, 11) is 1.78. The summed E-state index contributed by atoms with van der Waals surface area (Å²) >= 11 is 0. The van der Waals surface area contributed by atoms with E-state index in [1.165, 1.54) is 0 Å². The first-order valence-electron chi connectivity index (χ1n) is 16.9. The van der Waals surface area contributed by atoms with E-state index in [4.69, 9.17) is 19.4 Å². The summed E-state index contributed by atoms with van der Waals surface area (Å²) in [6.07, 6.45) is 6.34. The monoisotopic (exact) mass is 638 g/mol. The van der Waals surface area contributed by atoms with Crippen LogP contribution in [-0.4, -0.2) is 73.3 Å². The number of carbonyl (C=O) groups excluding carboxylic acids is 1. The summed E-state index contributed by atoms with van der Waals surface area (Å²) in [4.78, 5) is 34.0. The van der Waals surface area contributed by atoms with E-state index >= 15 is 0 Å². The molecule has 2 aliphatic rings. The molecule has 2 saturated heterocycles. The van der Waals surface area contributed by atoms with E-state index in [2.05, 4.69) is 91.1 Å². The van der Waals surface area contributed by atoms with Gasteiger partial charge in [0, 0.05) is 25.2 Å². The molecule has 0 spiro atoms. The van der Waals surface area contributed by atoms with E-state index in [1.807, 2.05) is 38.1 Å². The average Bonchev–Trinajstić information content (AvgIpc) is 3.82. The zero-order valence-electron chi connectivity index (χ0n) is 29.1. The van der Waals surface area contributed by atoms with Crippen molar-refractivity contribution in [3.63, 3.8) is 0 Å². The summed E-state index contributed by atoms with van der Waals surface area (Å²) in [6.45, 7) is 16.4. The van der Waals surface area contributed by atoms with Crippen molar-refractivity contribution < 1.29 is 14.3 Å². The molecular formula is C38H50N6O3. The lowest BCUT2D eigenvalue weighted by Gasteiger charge is -2.36. The number of rotatable bonds is 7. The molecule has 2 fully saturated rings. The van der Waals surface area contributed by atoms with Crippen LogP contribution >= 0.6 is 0 Å². The second-order valence-electron chi connectivity index (χ2n) is 15.2. The average molecular weight is 639 g/mol. The van der Waals surface area contributed by atoms with E-state index in [-0.39, 0.29) is 29.8 Å². The molecule has 9 heteroatoms. The van der Waals surface area contributed by atoms with Crippen molar-refractivity contribution in [2.75, 3.05) is 20.3 Å². The largest absolute Gasteiger partial charge is 0.444 e. The van der Waals surface area contributed by atoms with Crippen LogP contribution in [0.15, 0.2) is 60.9 Å². The van der Waals surface area contributed by atoms with Gasteiger partial charge in [-0.05, 0) is 95.9 Å². The van der Waals surface area contributed by atoms with Gasteiger partial charge in [0.2, 0.25) is 0 Å². The number of H-pyrrole nitrogens is 2.